The van der Waals surface area contributed by atoms with Crippen molar-refractivity contribution in [1.82, 2.24) is 4.90 Å². The summed E-state index contributed by atoms with van der Waals surface area (Å²) in [4.78, 5) is 26.1. The fourth-order valence-corrected chi connectivity index (χ4v) is 3.32. The van der Waals surface area contributed by atoms with Crippen molar-refractivity contribution in [2.45, 2.75) is 24.7 Å². The maximum atomic E-state index is 12.6. The third-order valence-electron chi connectivity index (χ3n) is 3.84. The van der Waals surface area contributed by atoms with Gasteiger partial charge in [0.1, 0.15) is 0 Å². The van der Waals surface area contributed by atoms with E-state index >= 15 is 0 Å². The molecule has 0 radical (unpaired) electrons. The Morgan fingerprint density at radius 1 is 1.35 bits per heavy atom. The molecule has 0 saturated carbocycles. The Morgan fingerprint density at radius 2 is 2.09 bits per heavy atom. The molecule has 6 nitrogen and oxygen atoms in total. The number of ether oxygens (including phenoxy) is 1. The van der Waals surface area contributed by atoms with Gasteiger partial charge in [-0.25, -0.2) is 8.42 Å². The predicted molar refractivity (Wildman–Crippen MR) is 84.8 cm³/mol. The molecule has 126 valence electrons. The van der Waals surface area contributed by atoms with Crippen molar-refractivity contribution in [3.63, 3.8) is 0 Å². The smallest absolute Gasteiger partial charge is 0.310 e. The number of rotatable bonds is 4. The van der Waals surface area contributed by atoms with Gasteiger partial charge in [-0.15, -0.1) is 0 Å². The molecule has 1 saturated heterocycles. The van der Waals surface area contributed by atoms with Crippen LogP contribution in [0.5, 0.6) is 0 Å². The molecule has 1 aliphatic heterocycles. The van der Waals surface area contributed by atoms with E-state index in [0.717, 1.165) is 12.7 Å². The summed E-state index contributed by atoms with van der Waals surface area (Å²) in [5, 5.41) is 0. The second-order valence-electron chi connectivity index (χ2n) is 5.64. The van der Waals surface area contributed by atoms with Gasteiger partial charge in [0.25, 0.3) is 5.91 Å². The molecule has 2 rings (SSSR count). The summed E-state index contributed by atoms with van der Waals surface area (Å²) in [7, 11) is -3.37. The first kappa shape index (κ1) is 17.5. The molecule has 0 spiro atoms. The Labute approximate surface area is 136 Å². The average Bonchev–Trinajstić information content (AvgIpc) is 2.54. The van der Waals surface area contributed by atoms with E-state index in [1.54, 1.807) is 24.0 Å². The fraction of sp³-hybridized carbons (Fsp3) is 0.500. The summed E-state index contributed by atoms with van der Waals surface area (Å²) in [5.41, 5.74) is 0.317. The summed E-state index contributed by atoms with van der Waals surface area (Å²) in [6.07, 6.45) is 2.53. The number of benzene rings is 1. The lowest BCUT2D eigenvalue weighted by Crippen LogP contribution is -2.42. The van der Waals surface area contributed by atoms with Crippen LogP contribution in [0.2, 0.25) is 0 Å². The largest absolute Gasteiger partial charge is 0.466 e. The van der Waals surface area contributed by atoms with Crippen molar-refractivity contribution in [2.24, 2.45) is 5.92 Å². The number of carbonyl (C=O) groups excluding carboxylic acids is 2. The Bertz CT molecular complexity index is 698. The maximum Gasteiger partial charge on any atom is 0.310 e. The van der Waals surface area contributed by atoms with Crippen molar-refractivity contribution in [3.8, 4) is 0 Å². The molecule has 1 amide bonds. The van der Waals surface area contributed by atoms with Gasteiger partial charge < -0.3 is 9.64 Å². The topological polar surface area (TPSA) is 80.8 Å². The highest BCUT2D eigenvalue weighted by Crippen LogP contribution is 2.21. The molecule has 7 heteroatoms. The van der Waals surface area contributed by atoms with E-state index in [0.29, 0.717) is 31.7 Å². The van der Waals surface area contributed by atoms with E-state index in [2.05, 4.69) is 0 Å². The van der Waals surface area contributed by atoms with Crippen LogP contribution in [0.3, 0.4) is 0 Å². The number of amides is 1. The van der Waals surface area contributed by atoms with Crippen LogP contribution in [-0.2, 0) is 19.4 Å². The molecular weight excluding hydrogens is 318 g/mol. The molecule has 0 unspecified atom stereocenters. The first-order valence-corrected chi connectivity index (χ1v) is 9.48. The van der Waals surface area contributed by atoms with Crippen LogP contribution in [0.1, 0.15) is 30.1 Å². The minimum atomic E-state index is -3.37. The normalized spacial score (nSPS) is 18.5. The molecule has 1 fully saturated rings. The number of carbonyl (C=O) groups is 2. The minimum absolute atomic E-state index is 0.113. The third kappa shape index (κ3) is 4.31. The average molecular weight is 339 g/mol. The lowest BCUT2D eigenvalue weighted by Gasteiger charge is -2.31. The quantitative estimate of drug-likeness (QED) is 0.777. The van der Waals surface area contributed by atoms with Gasteiger partial charge in [0.05, 0.1) is 17.4 Å². The van der Waals surface area contributed by atoms with E-state index in [1.807, 2.05) is 0 Å². The standard InChI is InChI=1S/C16H21NO5S/c1-3-22-16(19)13-7-5-9-17(11-13)15(18)12-6-4-8-14(10-12)23(2,20)21/h4,6,8,10,13H,3,5,7,9,11H2,1-2H3/t13-/m1/s1. The third-order valence-corrected chi connectivity index (χ3v) is 4.95. The molecule has 23 heavy (non-hydrogen) atoms. The van der Waals surface area contributed by atoms with Crippen LogP contribution in [-0.4, -0.2) is 51.1 Å². The minimum Gasteiger partial charge on any atom is -0.466 e. The van der Waals surface area contributed by atoms with E-state index in [4.69, 9.17) is 4.74 Å². The van der Waals surface area contributed by atoms with Gasteiger partial charge in [-0.3, -0.25) is 9.59 Å². The molecule has 1 aromatic rings. The van der Waals surface area contributed by atoms with Gasteiger partial charge in [0.15, 0.2) is 9.84 Å². The highest BCUT2D eigenvalue weighted by atomic mass is 32.2. The SMILES string of the molecule is CCOC(=O)[C@@H]1CCCN(C(=O)c2cccc(S(C)(=O)=O)c2)C1. The molecule has 0 aliphatic carbocycles. The van der Waals surface area contributed by atoms with Crippen molar-refractivity contribution in [1.29, 1.82) is 0 Å². The maximum absolute atomic E-state index is 12.6. The van der Waals surface area contributed by atoms with Crippen LogP contribution in [0.15, 0.2) is 29.2 Å². The second kappa shape index (κ2) is 7.12. The molecule has 1 heterocycles. The number of esters is 1. The lowest BCUT2D eigenvalue weighted by atomic mass is 9.97. The second-order valence-corrected chi connectivity index (χ2v) is 7.66. The first-order chi connectivity index (χ1) is 10.8. The number of hydrogen-bond donors (Lipinski definition) is 0. The molecule has 1 aliphatic rings. The number of piperidine rings is 1. The van der Waals surface area contributed by atoms with Gasteiger partial charge in [-0.2, -0.15) is 0 Å². The Kier molecular flexibility index (Phi) is 5.41. The summed E-state index contributed by atoms with van der Waals surface area (Å²) < 4.78 is 28.2. The zero-order chi connectivity index (χ0) is 17.0. The highest BCUT2D eigenvalue weighted by molar-refractivity contribution is 7.90. The van der Waals surface area contributed by atoms with Gasteiger partial charge in [0, 0.05) is 24.9 Å². The van der Waals surface area contributed by atoms with Gasteiger partial charge in [0.2, 0.25) is 0 Å². The van der Waals surface area contributed by atoms with Gasteiger partial charge >= 0.3 is 5.97 Å². The van der Waals surface area contributed by atoms with Crippen LogP contribution < -0.4 is 0 Å². The van der Waals surface area contributed by atoms with Crippen LogP contribution in [0, 0.1) is 5.92 Å². The molecule has 1 atom stereocenters. The summed E-state index contributed by atoms with van der Waals surface area (Å²) in [6, 6.07) is 5.98. The predicted octanol–water partition coefficient (Wildman–Crippen LogP) is 1.51. The zero-order valence-corrected chi connectivity index (χ0v) is 14.1. The van der Waals surface area contributed by atoms with Gasteiger partial charge in [-0.1, -0.05) is 6.07 Å². The number of likely N-dealkylation sites (tertiary alicyclic amines) is 1. The molecule has 0 N–H and O–H groups in total. The summed E-state index contributed by atoms with van der Waals surface area (Å²) in [5.74, 6) is -0.856. The number of nitrogens with zero attached hydrogens (tertiary/aromatic N) is 1. The van der Waals surface area contributed by atoms with Crippen LogP contribution >= 0.6 is 0 Å². The van der Waals surface area contributed by atoms with E-state index in [-0.39, 0.29) is 22.7 Å². The van der Waals surface area contributed by atoms with E-state index < -0.39 is 9.84 Å². The van der Waals surface area contributed by atoms with Crippen molar-refractivity contribution < 1.29 is 22.7 Å². The molecule has 0 bridgehead atoms. The number of hydrogen-bond acceptors (Lipinski definition) is 5. The van der Waals surface area contributed by atoms with E-state index in [1.165, 1.54) is 12.1 Å². The highest BCUT2D eigenvalue weighted by Gasteiger charge is 2.30. The summed E-state index contributed by atoms with van der Waals surface area (Å²) in [6.45, 7) is 2.93. The van der Waals surface area contributed by atoms with Gasteiger partial charge in [-0.05, 0) is 38.0 Å². The Morgan fingerprint density at radius 3 is 2.74 bits per heavy atom. The summed E-state index contributed by atoms with van der Waals surface area (Å²) >= 11 is 0. The van der Waals surface area contributed by atoms with E-state index in [9.17, 15) is 18.0 Å². The number of sulfone groups is 1. The first-order valence-electron chi connectivity index (χ1n) is 7.59. The fourth-order valence-electron chi connectivity index (χ4n) is 2.66. The van der Waals surface area contributed by atoms with Crippen molar-refractivity contribution >= 4 is 21.7 Å². The Balaban J connectivity index is 2.15. The zero-order valence-electron chi connectivity index (χ0n) is 13.3. The van der Waals surface area contributed by atoms with Crippen molar-refractivity contribution in [3.05, 3.63) is 29.8 Å². The monoisotopic (exact) mass is 339 g/mol. The molecular formula is C16H21NO5S. The molecule has 1 aromatic carbocycles. The van der Waals surface area contributed by atoms with Crippen molar-refractivity contribution in [2.75, 3.05) is 26.0 Å². The van der Waals surface area contributed by atoms with Crippen LogP contribution in [0.4, 0.5) is 0 Å². The lowest BCUT2D eigenvalue weighted by molar-refractivity contribution is -0.149. The molecule has 0 aromatic heterocycles. The Hall–Kier alpha value is -1.89. The van der Waals surface area contributed by atoms with Crippen LogP contribution in [0.25, 0.3) is 0 Å².